The van der Waals surface area contributed by atoms with Crippen LogP contribution < -0.4 is 0 Å². The first-order valence-electron chi connectivity index (χ1n) is 3.35. The summed E-state index contributed by atoms with van der Waals surface area (Å²) >= 11 is 11.4. The summed E-state index contributed by atoms with van der Waals surface area (Å²) in [6.07, 6.45) is -3.84. The Labute approximate surface area is 97.0 Å². The third-order valence-electron chi connectivity index (χ3n) is 1.35. The summed E-state index contributed by atoms with van der Waals surface area (Å²) < 4.78 is 37.0. The quantitative estimate of drug-likeness (QED) is 0.573. The lowest BCUT2D eigenvalue weighted by molar-refractivity contribution is -0.141. The highest BCUT2D eigenvalue weighted by Crippen LogP contribution is 2.40. The monoisotopic (exact) mass is 272 g/mol. The number of thioether (sulfide) groups is 1. The van der Waals surface area contributed by atoms with Crippen LogP contribution >= 0.6 is 35.0 Å². The highest BCUT2D eigenvalue weighted by atomic mass is 35.5. The van der Waals surface area contributed by atoms with Crippen molar-refractivity contribution < 1.29 is 13.2 Å². The van der Waals surface area contributed by atoms with Crippen molar-refractivity contribution in [2.24, 2.45) is 0 Å². The normalized spacial score (nSPS) is 11.2. The maximum Gasteiger partial charge on any atom is 0.434 e. The molecule has 1 aromatic rings. The van der Waals surface area contributed by atoms with Gasteiger partial charge in [0.15, 0.2) is 5.69 Å². The van der Waals surface area contributed by atoms with Gasteiger partial charge in [-0.1, -0.05) is 23.2 Å². The van der Waals surface area contributed by atoms with Gasteiger partial charge < -0.3 is 0 Å². The van der Waals surface area contributed by atoms with Crippen molar-refractivity contribution in [2.75, 3.05) is 0 Å². The number of nitrogens with zero attached hydrogens (tertiary/aromatic N) is 2. The minimum absolute atomic E-state index is 0.0837. The third-order valence-corrected chi connectivity index (χ3v) is 2.95. The maximum atomic E-state index is 12.3. The summed E-state index contributed by atoms with van der Waals surface area (Å²) in [5, 5.41) is 9.22. The molecule has 0 atom stereocenters. The zero-order valence-corrected chi connectivity index (χ0v) is 9.10. The number of alkyl halides is 3. The van der Waals surface area contributed by atoms with Gasteiger partial charge in [0.2, 0.25) is 0 Å². The van der Waals surface area contributed by atoms with Gasteiger partial charge in [0.05, 0.1) is 14.9 Å². The van der Waals surface area contributed by atoms with Crippen LogP contribution in [0.5, 0.6) is 0 Å². The predicted octanol–water partition coefficient (Wildman–Crippen LogP) is 3.98. The summed E-state index contributed by atoms with van der Waals surface area (Å²) in [6, 6.07) is 0. The number of halogens is 5. The fraction of sp³-hybridized carbons (Fsp3) is 0.143. The molecule has 8 heteroatoms. The average Bonchev–Trinajstić information content (AvgIpc) is 2.09. The maximum absolute atomic E-state index is 12.3. The second-order valence-electron chi connectivity index (χ2n) is 2.29. The van der Waals surface area contributed by atoms with E-state index < -0.39 is 16.9 Å². The van der Waals surface area contributed by atoms with Gasteiger partial charge in [-0.25, -0.2) is 4.98 Å². The second-order valence-corrected chi connectivity index (χ2v) is 3.87. The van der Waals surface area contributed by atoms with Crippen LogP contribution in [0.1, 0.15) is 5.69 Å². The first-order valence-corrected chi connectivity index (χ1v) is 4.92. The van der Waals surface area contributed by atoms with E-state index in [1.165, 1.54) is 0 Å². The topological polar surface area (TPSA) is 36.7 Å². The molecule has 0 unspecified atom stereocenters. The Morgan fingerprint density at radius 1 is 1.40 bits per heavy atom. The van der Waals surface area contributed by atoms with E-state index in [1.54, 1.807) is 5.40 Å². The number of hydrogen-bond acceptors (Lipinski definition) is 3. The summed E-state index contributed by atoms with van der Waals surface area (Å²) in [4.78, 5) is 2.94. The predicted molar refractivity (Wildman–Crippen MR) is 50.7 cm³/mol. The van der Waals surface area contributed by atoms with E-state index in [1.807, 2.05) is 0 Å². The summed E-state index contributed by atoms with van der Waals surface area (Å²) in [5.41, 5.74) is -1.24. The van der Waals surface area contributed by atoms with Gasteiger partial charge in [-0.05, 0) is 11.8 Å². The van der Waals surface area contributed by atoms with Crippen LogP contribution in [0.4, 0.5) is 13.2 Å². The zero-order valence-electron chi connectivity index (χ0n) is 6.77. The second kappa shape index (κ2) is 4.47. The molecule has 80 valence electrons. The van der Waals surface area contributed by atoms with Gasteiger partial charge in [-0.15, -0.1) is 0 Å². The molecule has 1 rings (SSSR count). The molecule has 1 heterocycles. The van der Waals surface area contributed by atoms with Crippen LogP contribution in [0, 0.1) is 10.7 Å². The lowest BCUT2D eigenvalue weighted by Crippen LogP contribution is -2.09. The molecule has 1 aromatic heterocycles. The third kappa shape index (κ3) is 2.68. The molecule has 0 saturated carbocycles. The van der Waals surface area contributed by atoms with Crippen molar-refractivity contribution >= 4 is 35.0 Å². The highest BCUT2D eigenvalue weighted by Gasteiger charge is 2.36. The molecule has 0 spiro atoms. The lowest BCUT2D eigenvalue weighted by atomic mass is 10.3. The van der Waals surface area contributed by atoms with Gasteiger partial charge in [0, 0.05) is 6.20 Å². The SMILES string of the molecule is N#CSc1c(Cl)cnc(C(F)(F)F)c1Cl. The Morgan fingerprint density at radius 2 is 2.00 bits per heavy atom. The standard InChI is InChI=1S/C7HCl2F3N2S/c8-3-1-14-6(7(10,11)12)4(9)5(3)15-2-13/h1H. The van der Waals surface area contributed by atoms with Gasteiger partial charge in [-0.2, -0.15) is 18.4 Å². The van der Waals surface area contributed by atoms with Crippen LogP contribution in [-0.2, 0) is 6.18 Å². The fourth-order valence-electron chi connectivity index (χ4n) is 0.786. The summed E-state index contributed by atoms with van der Waals surface area (Å²) in [7, 11) is 0. The molecule has 0 N–H and O–H groups in total. The molecule has 0 aliphatic rings. The van der Waals surface area contributed by atoms with Crippen molar-refractivity contribution in [3.05, 3.63) is 21.9 Å². The molecule has 15 heavy (non-hydrogen) atoms. The number of hydrogen-bond donors (Lipinski definition) is 0. The number of rotatable bonds is 1. The van der Waals surface area contributed by atoms with Crippen molar-refractivity contribution in [3.63, 3.8) is 0 Å². The molecular formula is C7HCl2F3N2S. The highest BCUT2D eigenvalue weighted by molar-refractivity contribution is 8.04. The molecule has 0 aromatic carbocycles. The Morgan fingerprint density at radius 3 is 2.47 bits per heavy atom. The molecule has 0 radical (unpaired) electrons. The molecule has 0 aliphatic heterocycles. The number of aromatic nitrogens is 1. The number of pyridine rings is 1. The van der Waals surface area contributed by atoms with Crippen LogP contribution in [0.15, 0.2) is 11.1 Å². The van der Waals surface area contributed by atoms with Crippen LogP contribution in [0.25, 0.3) is 0 Å². The summed E-state index contributed by atoms with van der Waals surface area (Å²) in [5.74, 6) is 0. The molecule has 0 fully saturated rings. The van der Waals surface area contributed by atoms with Gasteiger partial charge >= 0.3 is 6.18 Å². The fourth-order valence-corrected chi connectivity index (χ4v) is 1.89. The summed E-state index contributed by atoms with van der Waals surface area (Å²) in [6.45, 7) is 0. The van der Waals surface area contributed by atoms with E-state index in [0.717, 1.165) is 6.20 Å². The largest absolute Gasteiger partial charge is 0.434 e. The Kier molecular flexibility index (Phi) is 3.71. The first-order chi connectivity index (χ1) is 6.88. The Hall–Kier alpha value is -0.640. The van der Waals surface area contributed by atoms with E-state index in [9.17, 15) is 13.2 Å². The molecule has 0 bridgehead atoms. The van der Waals surface area contributed by atoms with Gasteiger partial charge in [0.1, 0.15) is 5.40 Å². The Bertz CT molecular complexity index is 427. The van der Waals surface area contributed by atoms with Crippen molar-refractivity contribution in [2.45, 2.75) is 11.1 Å². The van der Waals surface area contributed by atoms with E-state index in [-0.39, 0.29) is 9.92 Å². The van der Waals surface area contributed by atoms with Crippen LogP contribution in [0.2, 0.25) is 10.0 Å². The molecular weight excluding hydrogens is 272 g/mol. The van der Waals surface area contributed by atoms with Gasteiger partial charge in [-0.3, -0.25) is 0 Å². The molecule has 2 nitrogen and oxygen atoms in total. The smallest absolute Gasteiger partial charge is 0.249 e. The van der Waals surface area contributed by atoms with Crippen molar-refractivity contribution in [3.8, 4) is 5.40 Å². The van der Waals surface area contributed by atoms with E-state index in [4.69, 9.17) is 28.5 Å². The lowest BCUT2D eigenvalue weighted by Gasteiger charge is -2.10. The van der Waals surface area contributed by atoms with Gasteiger partial charge in [0.25, 0.3) is 0 Å². The van der Waals surface area contributed by atoms with Crippen molar-refractivity contribution in [1.29, 1.82) is 5.26 Å². The van der Waals surface area contributed by atoms with E-state index >= 15 is 0 Å². The van der Waals surface area contributed by atoms with Crippen LogP contribution in [-0.4, -0.2) is 4.98 Å². The molecule has 0 saturated heterocycles. The van der Waals surface area contributed by atoms with E-state index in [0.29, 0.717) is 11.8 Å². The van der Waals surface area contributed by atoms with Crippen molar-refractivity contribution in [1.82, 2.24) is 4.98 Å². The minimum Gasteiger partial charge on any atom is -0.249 e. The number of nitriles is 1. The minimum atomic E-state index is -4.66. The number of thiocyanates is 1. The van der Waals surface area contributed by atoms with E-state index in [2.05, 4.69) is 4.98 Å². The Balaban J connectivity index is 3.36. The zero-order chi connectivity index (χ0) is 11.6. The molecule has 0 aliphatic carbocycles. The van der Waals surface area contributed by atoms with Crippen LogP contribution in [0.3, 0.4) is 0 Å². The molecule has 0 amide bonds. The average molecular weight is 273 g/mol. The first kappa shape index (κ1) is 12.4.